The van der Waals surface area contributed by atoms with Crippen LogP contribution in [0, 0.1) is 0 Å². The van der Waals surface area contributed by atoms with Gasteiger partial charge in [-0.2, -0.15) is 0 Å². The summed E-state index contributed by atoms with van der Waals surface area (Å²) < 4.78 is 5.61. The minimum Gasteiger partial charge on any atom is -0.459 e. The molecule has 24 heavy (non-hydrogen) atoms. The molecule has 4 N–H and O–H groups in total. The van der Waals surface area contributed by atoms with Gasteiger partial charge in [0.2, 0.25) is 0 Å². The lowest BCUT2D eigenvalue weighted by Crippen LogP contribution is -2.37. The van der Waals surface area contributed by atoms with E-state index in [4.69, 9.17) is 16.2 Å². The minimum absolute atomic E-state index is 0.0542. The third-order valence-corrected chi connectivity index (χ3v) is 4.35. The summed E-state index contributed by atoms with van der Waals surface area (Å²) >= 11 is 0. The fraction of sp³-hybridized carbons (Fsp3) is 0.316. The zero-order valence-electron chi connectivity index (χ0n) is 13.7. The Hall–Kier alpha value is -2.53. The molecule has 1 aliphatic rings. The number of likely N-dealkylation sites (tertiary alicyclic amines) is 1. The molecule has 3 rings (SSSR count). The molecule has 2 aromatic rings. The van der Waals surface area contributed by atoms with E-state index in [1.807, 2.05) is 6.07 Å². The largest absolute Gasteiger partial charge is 0.459 e. The van der Waals surface area contributed by atoms with Crippen molar-refractivity contribution in [2.45, 2.75) is 25.5 Å². The second-order valence-corrected chi connectivity index (χ2v) is 6.21. The molecule has 1 aliphatic heterocycles. The molecule has 0 aliphatic carbocycles. The van der Waals surface area contributed by atoms with Gasteiger partial charge in [0.15, 0.2) is 0 Å². The zero-order valence-corrected chi connectivity index (χ0v) is 13.7. The van der Waals surface area contributed by atoms with E-state index in [0.29, 0.717) is 16.9 Å². The average Bonchev–Trinajstić information content (AvgIpc) is 2.57. The van der Waals surface area contributed by atoms with Gasteiger partial charge in [-0.3, -0.25) is 4.90 Å². The molecule has 0 atom stereocenters. The Morgan fingerprint density at radius 1 is 1.08 bits per heavy atom. The quantitative estimate of drug-likeness (QED) is 0.667. The summed E-state index contributed by atoms with van der Waals surface area (Å²) in [5, 5.41) is 0. The lowest BCUT2D eigenvalue weighted by molar-refractivity contribution is 0.0105. The molecule has 5 nitrogen and oxygen atoms in total. The van der Waals surface area contributed by atoms with Gasteiger partial charge in [0.1, 0.15) is 6.10 Å². The lowest BCUT2D eigenvalue weighted by atomic mass is 10.1. The number of rotatable bonds is 4. The molecule has 0 radical (unpaired) electrons. The van der Waals surface area contributed by atoms with Crippen LogP contribution >= 0.6 is 0 Å². The van der Waals surface area contributed by atoms with Gasteiger partial charge in [-0.15, -0.1) is 0 Å². The highest BCUT2D eigenvalue weighted by Gasteiger charge is 2.23. The smallest absolute Gasteiger partial charge is 0.340 e. The maximum Gasteiger partial charge on any atom is 0.340 e. The molecule has 1 fully saturated rings. The first-order valence-corrected chi connectivity index (χ1v) is 8.24. The standard InChI is InChI=1S/C19H23N3O2/c20-15-6-7-17(18(21)12-15)19(23)24-16-8-10-22(11-9-16)13-14-4-2-1-3-5-14/h1-7,12,16H,8-11,13,20-21H2. The number of nitrogens with two attached hydrogens (primary N) is 2. The van der Waals surface area contributed by atoms with Crippen molar-refractivity contribution in [2.75, 3.05) is 24.6 Å². The number of nitrogen functional groups attached to an aromatic ring is 2. The summed E-state index contributed by atoms with van der Waals surface area (Å²) in [5.41, 5.74) is 14.1. The number of nitrogens with zero attached hydrogens (tertiary/aromatic N) is 1. The second kappa shape index (κ2) is 7.36. The van der Waals surface area contributed by atoms with Gasteiger partial charge < -0.3 is 16.2 Å². The van der Waals surface area contributed by atoms with E-state index in [-0.39, 0.29) is 12.1 Å². The first-order chi connectivity index (χ1) is 11.6. The summed E-state index contributed by atoms with van der Waals surface area (Å²) in [6, 6.07) is 15.3. The van der Waals surface area contributed by atoms with Crippen molar-refractivity contribution in [3.63, 3.8) is 0 Å². The van der Waals surface area contributed by atoms with Crippen LogP contribution in [-0.2, 0) is 11.3 Å². The molecular weight excluding hydrogens is 302 g/mol. The van der Waals surface area contributed by atoms with E-state index >= 15 is 0 Å². The van der Waals surface area contributed by atoms with Crippen LogP contribution in [0.1, 0.15) is 28.8 Å². The zero-order chi connectivity index (χ0) is 16.9. The van der Waals surface area contributed by atoms with Crippen molar-refractivity contribution in [1.29, 1.82) is 0 Å². The number of ether oxygens (including phenoxy) is 1. The molecule has 5 heteroatoms. The van der Waals surface area contributed by atoms with Crippen molar-refractivity contribution in [3.05, 3.63) is 59.7 Å². The van der Waals surface area contributed by atoms with Crippen LogP contribution in [0.5, 0.6) is 0 Å². The normalized spacial score (nSPS) is 16.0. The Balaban J connectivity index is 1.51. The number of hydrogen-bond acceptors (Lipinski definition) is 5. The summed E-state index contributed by atoms with van der Waals surface area (Å²) in [4.78, 5) is 14.6. The number of hydrogen-bond donors (Lipinski definition) is 2. The van der Waals surface area contributed by atoms with Crippen molar-refractivity contribution in [1.82, 2.24) is 4.90 Å². The highest BCUT2D eigenvalue weighted by Crippen LogP contribution is 2.21. The minimum atomic E-state index is -0.367. The fourth-order valence-electron chi connectivity index (χ4n) is 3.01. The van der Waals surface area contributed by atoms with Crippen LogP contribution < -0.4 is 11.5 Å². The number of anilines is 2. The Labute approximate surface area is 142 Å². The highest BCUT2D eigenvalue weighted by atomic mass is 16.5. The Kier molecular flexibility index (Phi) is 5.01. The molecule has 126 valence electrons. The lowest BCUT2D eigenvalue weighted by Gasteiger charge is -2.31. The van der Waals surface area contributed by atoms with E-state index in [0.717, 1.165) is 32.5 Å². The van der Waals surface area contributed by atoms with E-state index in [1.165, 1.54) is 5.56 Å². The van der Waals surface area contributed by atoms with Gasteiger partial charge >= 0.3 is 5.97 Å². The third kappa shape index (κ3) is 4.06. The first-order valence-electron chi connectivity index (χ1n) is 8.24. The predicted octanol–water partition coefficient (Wildman–Crippen LogP) is 2.67. The molecule has 0 unspecified atom stereocenters. The summed E-state index contributed by atoms with van der Waals surface area (Å²) in [6.07, 6.45) is 1.63. The Morgan fingerprint density at radius 3 is 2.46 bits per heavy atom. The number of esters is 1. The molecule has 0 aromatic heterocycles. The first kappa shape index (κ1) is 16.3. The van der Waals surface area contributed by atoms with E-state index < -0.39 is 0 Å². The van der Waals surface area contributed by atoms with Gasteiger partial charge in [0, 0.05) is 31.0 Å². The number of carbonyl (C=O) groups excluding carboxylic acids is 1. The van der Waals surface area contributed by atoms with E-state index in [1.54, 1.807) is 18.2 Å². The molecule has 1 saturated heterocycles. The summed E-state index contributed by atoms with van der Waals surface area (Å²) in [7, 11) is 0. The maximum atomic E-state index is 12.3. The van der Waals surface area contributed by atoms with Gasteiger partial charge in [-0.1, -0.05) is 30.3 Å². The average molecular weight is 325 g/mol. The molecule has 0 amide bonds. The maximum absolute atomic E-state index is 12.3. The third-order valence-electron chi connectivity index (χ3n) is 4.35. The monoisotopic (exact) mass is 325 g/mol. The Morgan fingerprint density at radius 2 is 1.79 bits per heavy atom. The van der Waals surface area contributed by atoms with Crippen molar-refractivity contribution >= 4 is 17.3 Å². The highest BCUT2D eigenvalue weighted by molar-refractivity contribution is 5.95. The van der Waals surface area contributed by atoms with E-state index in [2.05, 4.69) is 29.2 Å². The van der Waals surface area contributed by atoms with Crippen molar-refractivity contribution < 1.29 is 9.53 Å². The van der Waals surface area contributed by atoms with Crippen LogP contribution in [0.15, 0.2) is 48.5 Å². The molecular formula is C19H23N3O2. The van der Waals surface area contributed by atoms with Crippen LogP contribution in [0.2, 0.25) is 0 Å². The van der Waals surface area contributed by atoms with Crippen molar-refractivity contribution in [3.8, 4) is 0 Å². The molecule has 2 aromatic carbocycles. The van der Waals surface area contributed by atoms with Gasteiger partial charge in [0.25, 0.3) is 0 Å². The number of piperidine rings is 1. The molecule has 1 heterocycles. The van der Waals surface area contributed by atoms with Gasteiger partial charge in [0.05, 0.1) is 5.56 Å². The van der Waals surface area contributed by atoms with Gasteiger partial charge in [-0.25, -0.2) is 4.79 Å². The summed E-state index contributed by atoms with van der Waals surface area (Å²) in [5.74, 6) is -0.367. The van der Waals surface area contributed by atoms with Crippen LogP contribution in [0.25, 0.3) is 0 Å². The van der Waals surface area contributed by atoms with Crippen LogP contribution in [0.3, 0.4) is 0 Å². The van der Waals surface area contributed by atoms with Crippen LogP contribution in [0.4, 0.5) is 11.4 Å². The van der Waals surface area contributed by atoms with Crippen molar-refractivity contribution in [2.24, 2.45) is 0 Å². The topological polar surface area (TPSA) is 81.6 Å². The van der Waals surface area contributed by atoms with Crippen LogP contribution in [-0.4, -0.2) is 30.1 Å². The molecule has 0 spiro atoms. The summed E-state index contributed by atoms with van der Waals surface area (Å²) in [6.45, 7) is 2.78. The van der Waals surface area contributed by atoms with Gasteiger partial charge in [-0.05, 0) is 36.6 Å². The Bertz CT molecular complexity index is 695. The molecule has 0 bridgehead atoms. The second-order valence-electron chi connectivity index (χ2n) is 6.21. The van der Waals surface area contributed by atoms with E-state index in [9.17, 15) is 4.79 Å². The fourth-order valence-corrected chi connectivity index (χ4v) is 3.01. The number of benzene rings is 2. The molecule has 0 saturated carbocycles. The number of carbonyl (C=O) groups is 1. The predicted molar refractivity (Wildman–Crippen MR) is 95.4 cm³/mol. The SMILES string of the molecule is Nc1ccc(C(=O)OC2CCN(Cc3ccccc3)CC2)c(N)c1.